The quantitative estimate of drug-likeness (QED) is 0.282. The van der Waals surface area contributed by atoms with Crippen molar-refractivity contribution in [3.8, 4) is 0 Å². The predicted molar refractivity (Wildman–Crippen MR) is 93.5 cm³/mol. The van der Waals surface area contributed by atoms with Crippen LogP contribution in [0.25, 0.3) is 0 Å². The van der Waals surface area contributed by atoms with Gasteiger partial charge in [-0.3, -0.25) is 0 Å². The molecule has 3 nitrogen and oxygen atoms in total. The Morgan fingerprint density at radius 1 is 0.864 bits per heavy atom. The summed E-state index contributed by atoms with van der Waals surface area (Å²) in [7, 11) is 0. The molecule has 0 bridgehead atoms. The first-order chi connectivity index (χ1) is 10.8. The van der Waals surface area contributed by atoms with E-state index in [0.29, 0.717) is 6.61 Å². The number of rotatable bonds is 14. The standard InChI is InChI=1S/C19H32O3/c1-3-5-7-9-11-13-15-21-18-19(17-20)22-16-14-12-10-8-6-4-2/h9-16,19-20H,3-8,17-18H2,1-2H3. The fourth-order valence-corrected chi connectivity index (χ4v) is 1.59. The molecule has 1 atom stereocenters. The lowest BCUT2D eigenvalue weighted by Crippen LogP contribution is -2.20. The second-order valence-electron chi connectivity index (χ2n) is 5.07. The number of ether oxygens (including phenoxy) is 2. The van der Waals surface area contributed by atoms with Gasteiger partial charge in [0.05, 0.1) is 19.1 Å². The minimum atomic E-state index is -0.339. The molecule has 0 fully saturated rings. The van der Waals surface area contributed by atoms with Crippen molar-refractivity contribution in [3.05, 3.63) is 49.0 Å². The smallest absolute Gasteiger partial charge is 0.154 e. The maximum absolute atomic E-state index is 9.20. The Balaban J connectivity index is 3.74. The van der Waals surface area contributed by atoms with Crippen LogP contribution in [0, 0.1) is 0 Å². The zero-order valence-electron chi connectivity index (χ0n) is 14.1. The molecular weight excluding hydrogens is 276 g/mol. The molecule has 0 aromatic heterocycles. The van der Waals surface area contributed by atoms with Gasteiger partial charge < -0.3 is 14.6 Å². The maximum atomic E-state index is 9.20. The van der Waals surface area contributed by atoms with Gasteiger partial charge in [0.15, 0.2) is 6.10 Å². The van der Waals surface area contributed by atoms with Crippen molar-refractivity contribution in [3.63, 3.8) is 0 Å². The average molecular weight is 308 g/mol. The molecule has 0 saturated heterocycles. The van der Waals surface area contributed by atoms with Crippen LogP contribution in [0.2, 0.25) is 0 Å². The minimum absolute atomic E-state index is 0.0654. The van der Waals surface area contributed by atoms with Crippen LogP contribution in [-0.2, 0) is 9.47 Å². The number of aliphatic hydroxyl groups excluding tert-OH is 1. The van der Waals surface area contributed by atoms with Crippen LogP contribution in [0.1, 0.15) is 52.4 Å². The molecule has 0 amide bonds. The summed E-state index contributed by atoms with van der Waals surface area (Å²) < 4.78 is 10.7. The van der Waals surface area contributed by atoms with Crippen LogP contribution in [0.4, 0.5) is 0 Å². The Labute approximate surface area is 136 Å². The molecule has 1 N–H and O–H groups in total. The second kappa shape index (κ2) is 17.6. The highest BCUT2D eigenvalue weighted by molar-refractivity contribution is 5.00. The molecular formula is C19H32O3. The summed E-state index contributed by atoms with van der Waals surface area (Å²) in [6.45, 7) is 4.62. The van der Waals surface area contributed by atoms with E-state index in [1.165, 1.54) is 25.7 Å². The number of hydrogen-bond acceptors (Lipinski definition) is 3. The van der Waals surface area contributed by atoms with E-state index in [-0.39, 0.29) is 12.7 Å². The normalized spacial score (nSPS) is 13.8. The number of unbranched alkanes of at least 4 members (excludes halogenated alkanes) is 4. The number of allylic oxidation sites excluding steroid dienone is 6. The van der Waals surface area contributed by atoms with E-state index < -0.39 is 0 Å². The van der Waals surface area contributed by atoms with Gasteiger partial charge >= 0.3 is 0 Å². The van der Waals surface area contributed by atoms with E-state index in [1.807, 2.05) is 24.3 Å². The van der Waals surface area contributed by atoms with Gasteiger partial charge in [-0.15, -0.1) is 0 Å². The van der Waals surface area contributed by atoms with E-state index >= 15 is 0 Å². The van der Waals surface area contributed by atoms with E-state index in [2.05, 4.69) is 26.0 Å². The van der Waals surface area contributed by atoms with Crippen molar-refractivity contribution in [1.29, 1.82) is 0 Å². The van der Waals surface area contributed by atoms with E-state index in [4.69, 9.17) is 9.47 Å². The monoisotopic (exact) mass is 308 g/mol. The molecule has 3 heteroatoms. The average Bonchev–Trinajstić information content (AvgIpc) is 2.54. The lowest BCUT2D eigenvalue weighted by Gasteiger charge is -2.12. The van der Waals surface area contributed by atoms with Crippen molar-refractivity contribution in [2.45, 2.75) is 58.5 Å². The molecule has 0 aliphatic heterocycles. The second-order valence-corrected chi connectivity index (χ2v) is 5.07. The van der Waals surface area contributed by atoms with Crippen LogP contribution in [-0.4, -0.2) is 24.4 Å². The zero-order chi connectivity index (χ0) is 16.3. The van der Waals surface area contributed by atoms with Crippen molar-refractivity contribution >= 4 is 0 Å². The summed E-state index contributed by atoms with van der Waals surface area (Å²) in [5.41, 5.74) is 0. The zero-order valence-corrected chi connectivity index (χ0v) is 14.1. The largest absolute Gasteiger partial charge is 0.497 e. The van der Waals surface area contributed by atoms with Gasteiger partial charge in [-0.05, 0) is 25.0 Å². The highest BCUT2D eigenvalue weighted by Crippen LogP contribution is 1.98. The fourth-order valence-electron chi connectivity index (χ4n) is 1.59. The molecule has 0 spiro atoms. The molecule has 0 saturated carbocycles. The molecule has 0 aliphatic rings. The maximum Gasteiger partial charge on any atom is 0.154 e. The van der Waals surface area contributed by atoms with E-state index in [0.717, 1.165) is 12.8 Å². The van der Waals surface area contributed by atoms with Gasteiger partial charge in [-0.2, -0.15) is 0 Å². The third-order valence-corrected chi connectivity index (χ3v) is 2.95. The summed E-state index contributed by atoms with van der Waals surface area (Å²) in [4.78, 5) is 0. The highest BCUT2D eigenvalue weighted by atomic mass is 16.5. The highest BCUT2D eigenvalue weighted by Gasteiger charge is 2.05. The van der Waals surface area contributed by atoms with Crippen LogP contribution < -0.4 is 0 Å². The first-order valence-corrected chi connectivity index (χ1v) is 8.36. The Kier molecular flexibility index (Phi) is 16.4. The van der Waals surface area contributed by atoms with Gasteiger partial charge in [-0.1, -0.05) is 63.8 Å². The van der Waals surface area contributed by atoms with Gasteiger partial charge in [0, 0.05) is 0 Å². The third kappa shape index (κ3) is 14.9. The molecule has 0 radical (unpaired) electrons. The van der Waals surface area contributed by atoms with Gasteiger partial charge in [-0.25, -0.2) is 0 Å². The summed E-state index contributed by atoms with van der Waals surface area (Å²) >= 11 is 0. The molecule has 22 heavy (non-hydrogen) atoms. The Morgan fingerprint density at radius 2 is 1.45 bits per heavy atom. The van der Waals surface area contributed by atoms with Gasteiger partial charge in [0.2, 0.25) is 0 Å². The summed E-state index contributed by atoms with van der Waals surface area (Å²) in [5.74, 6) is 0. The van der Waals surface area contributed by atoms with Gasteiger partial charge in [0.1, 0.15) is 6.61 Å². The van der Waals surface area contributed by atoms with Crippen molar-refractivity contribution in [1.82, 2.24) is 0 Å². The summed E-state index contributed by atoms with van der Waals surface area (Å²) in [6, 6.07) is 0. The van der Waals surface area contributed by atoms with Crippen molar-refractivity contribution < 1.29 is 14.6 Å². The Morgan fingerprint density at radius 3 is 2.00 bits per heavy atom. The lowest BCUT2D eigenvalue weighted by molar-refractivity contribution is 0.0265. The molecule has 0 aromatic rings. The van der Waals surface area contributed by atoms with Crippen LogP contribution in [0.15, 0.2) is 49.0 Å². The fraction of sp³-hybridized carbons (Fsp3) is 0.579. The number of hydrogen-bond donors (Lipinski definition) is 1. The molecule has 0 aromatic carbocycles. The molecule has 0 heterocycles. The Bertz CT molecular complexity index is 330. The van der Waals surface area contributed by atoms with Gasteiger partial charge in [0.25, 0.3) is 0 Å². The SMILES string of the molecule is CCCCC=CC=COCC(CO)OC=CC=CCCCC. The first kappa shape index (κ1) is 20.5. The molecule has 0 aliphatic carbocycles. The molecule has 0 rings (SSSR count). The minimum Gasteiger partial charge on any atom is -0.497 e. The van der Waals surface area contributed by atoms with E-state index in [1.54, 1.807) is 12.5 Å². The molecule has 126 valence electrons. The van der Waals surface area contributed by atoms with Crippen molar-refractivity contribution in [2.75, 3.05) is 13.2 Å². The summed E-state index contributed by atoms with van der Waals surface area (Å²) in [5, 5.41) is 9.20. The summed E-state index contributed by atoms with van der Waals surface area (Å²) in [6.07, 6.45) is 21.8. The van der Waals surface area contributed by atoms with E-state index in [9.17, 15) is 5.11 Å². The lowest BCUT2D eigenvalue weighted by atomic mass is 10.2. The molecule has 1 unspecified atom stereocenters. The predicted octanol–water partition coefficient (Wildman–Crippen LogP) is 4.90. The van der Waals surface area contributed by atoms with Crippen LogP contribution >= 0.6 is 0 Å². The Hall–Kier alpha value is -1.48. The third-order valence-electron chi connectivity index (χ3n) is 2.95. The topological polar surface area (TPSA) is 38.7 Å². The first-order valence-electron chi connectivity index (χ1n) is 8.36. The van der Waals surface area contributed by atoms with Crippen molar-refractivity contribution in [2.24, 2.45) is 0 Å². The van der Waals surface area contributed by atoms with Crippen LogP contribution in [0.5, 0.6) is 0 Å². The van der Waals surface area contributed by atoms with Crippen LogP contribution in [0.3, 0.4) is 0 Å². The number of aliphatic hydroxyl groups is 1.